The monoisotopic (exact) mass is 238 g/mol. The Kier molecular flexibility index (Phi) is 2.34. The van der Waals surface area contributed by atoms with Crippen molar-refractivity contribution in [2.24, 2.45) is 4.99 Å². The Hall–Kier alpha value is -2.62. The molecular weight excluding hydrogens is 228 g/mol. The zero-order valence-corrected chi connectivity index (χ0v) is 9.45. The Morgan fingerprint density at radius 2 is 2.17 bits per heavy atom. The fourth-order valence-corrected chi connectivity index (χ4v) is 2.02. The lowest BCUT2D eigenvalue weighted by molar-refractivity contribution is 0.0697. The van der Waals surface area contributed by atoms with Gasteiger partial charge in [-0.05, 0) is 30.4 Å². The number of hydrogen-bond donors (Lipinski definition) is 1. The van der Waals surface area contributed by atoms with E-state index in [1.54, 1.807) is 24.5 Å². The van der Waals surface area contributed by atoms with Crippen LogP contribution in [0.25, 0.3) is 23.2 Å². The van der Waals surface area contributed by atoms with Gasteiger partial charge in [-0.1, -0.05) is 6.07 Å². The van der Waals surface area contributed by atoms with Gasteiger partial charge in [0.05, 0.1) is 11.1 Å². The van der Waals surface area contributed by atoms with Crippen molar-refractivity contribution in [3.8, 4) is 0 Å². The summed E-state index contributed by atoms with van der Waals surface area (Å²) in [6.07, 6.45) is 9.00. The maximum atomic E-state index is 11.0. The lowest BCUT2D eigenvalue weighted by Crippen LogP contribution is -1.96. The van der Waals surface area contributed by atoms with Crippen molar-refractivity contribution < 1.29 is 9.90 Å². The van der Waals surface area contributed by atoms with E-state index in [2.05, 4.69) is 4.99 Å². The number of carboxylic acids is 1. The van der Waals surface area contributed by atoms with E-state index in [4.69, 9.17) is 5.11 Å². The Morgan fingerprint density at radius 1 is 1.28 bits per heavy atom. The molecule has 0 radical (unpaired) electrons. The van der Waals surface area contributed by atoms with Crippen LogP contribution in [0.5, 0.6) is 0 Å². The Labute approximate surface area is 103 Å². The number of aromatic nitrogens is 1. The van der Waals surface area contributed by atoms with E-state index in [0.717, 1.165) is 16.6 Å². The van der Waals surface area contributed by atoms with Crippen molar-refractivity contribution in [3.05, 3.63) is 47.8 Å². The van der Waals surface area contributed by atoms with Crippen molar-refractivity contribution in [1.82, 2.24) is 4.57 Å². The first kappa shape index (κ1) is 10.5. The predicted octanol–water partition coefficient (Wildman–Crippen LogP) is 2.87. The van der Waals surface area contributed by atoms with Gasteiger partial charge in [-0.2, -0.15) is 0 Å². The van der Waals surface area contributed by atoms with Gasteiger partial charge in [0, 0.05) is 29.7 Å². The van der Waals surface area contributed by atoms with Crippen molar-refractivity contribution in [3.63, 3.8) is 0 Å². The Balaban J connectivity index is 2.30. The predicted molar refractivity (Wildman–Crippen MR) is 71.8 cm³/mol. The van der Waals surface area contributed by atoms with Crippen LogP contribution >= 0.6 is 0 Å². The summed E-state index contributed by atoms with van der Waals surface area (Å²) in [6, 6.07) is 7.12. The average Bonchev–Trinajstić information content (AvgIpc) is 2.65. The third-order valence-electron chi connectivity index (χ3n) is 2.86. The second kappa shape index (κ2) is 4.00. The molecule has 1 aliphatic heterocycles. The number of nitrogens with zero attached hydrogens (tertiary/aromatic N) is 2. The molecule has 2 aromatic rings. The Bertz CT molecular complexity index is 721. The van der Waals surface area contributed by atoms with E-state index in [1.807, 2.05) is 35.1 Å². The van der Waals surface area contributed by atoms with Gasteiger partial charge < -0.3 is 9.67 Å². The molecule has 1 aromatic heterocycles. The highest BCUT2D eigenvalue weighted by atomic mass is 16.4. The van der Waals surface area contributed by atoms with E-state index in [-0.39, 0.29) is 5.56 Å². The SMILES string of the molecule is O=C(O)c1ccc2cc3n(c2c1)C=CN=CC=C3. The minimum Gasteiger partial charge on any atom is -0.478 e. The number of rotatable bonds is 1. The summed E-state index contributed by atoms with van der Waals surface area (Å²) in [4.78, 5) is 15.0. The zero-order chi connectivity index (χ0) is 12.5. The smallest absolute Gasteiger partial charge is 0.335 e. The summed E-state index contributed by atoms with van der Waals surface area (Å²) in [5.41, 5.74) is 2.14. The fourth-order valence-electron chi connectivity index (χ4n) is 2.02. The molecule has 0 saturated carbocycles. The highest BCUT2D eigenvalue weighted by Crippen LogP contribution is 2.23. The number of benzene rings is 1. The number of allylic oxidation sites excluding steroid dienone is 1. The largest absolute Gasteiger partial charge is 0.478 e. The van der Waals surface area contributed by atoms with Crippen LogP contribution in [-0.2, 0) is 0 Å². The van der Waals surface area contributed by atoms with Crippen molar-refractivity contribution in [2.45, 2.75) is 0 Å². The molecule has 4 heteroatoms. The summed E-state index contributed by atoms with van der Waals surface area (Å²) < 4.78 is 1.93. The third-order valence-corrected chi connectivity index (χ3v) is 2.86. The Morgan fingerprint density at radius 3 is 3.00 bits per heavy atom. The van der Waals surface area contributed by atoms with E-state index in [1.165, 1.54) is 0 Å². The van der Waals surface area contributed by atoms with E-state index >= 15 is 0 Å². The van der Waals surface area contributed by atoms with Crippen LogP contribution in [0.15, 0.2) is 41.5 Å². The lowest BCUT2D eigenvalue weighted by Gasteiger charge is -2.03. The summed E-state index contributed by atoms with van der Waals surface area (Å²) in [5.74, 6) is -0.921. The molecule has 88 valence electrons. The molecule has 1 aromatic carbocycles. The molecule has 0 fully saturated rings. The first-order valence-corrected chi connectivity index (χ1v) is 5.50. The molecule has 0 aliphatic carbocycles. The number of carbonyl (C=O) groups is 1. The minimum atomic E-state index is -0.921. The molecule has 3 rings (SSSR count). The molecular formula is C14H10N2O2. The van der Waals surface area contributed by atoms with Crippen LogP contribution < -0.4 is 0 Å². The zero-order valence-electron chi connectivity index (χ0n) is 9.45. The first-order chi connectivity index (χ1) is 8.75. The van der Waals surface area contributed by atoms with Gasteiger partial charge >= 0.3 is 5.97 Å². The maximum absolute atomic E-state index is 11.0. The molecule has 0 saturated heterocycles. The summed E-state index contributed by atoms with van der Waals surface area (Å²) in [5, 5.41) is 10.0. The minimum absolute atomic E-state index is 0.284. The van der Waals surface area contributed by atoms with Crippen LogP contribution in [0.4, 0.5) is 0 Å². The van der Waals surface area contributed by atoms with Crippen molar-refractivity contribution in [1.29, 1.82) is 0 Å². The van der Waals surface area contributed by atoms with Gasteiger partial charge in [0.15, 0.2) is 0 Å². The van der Waals surface area contributed by atoms with Crippen molar-refractivity contribution in [2.75, 3.05) is 0 Å². The molecule has 2 heterocycles. The van der Waals surface area contributed by atoms with Gasteiger partial charge in [-0.25, -0.2) is 4.79 Å². The van der Waals surface area contributed by atoms with E-state index in [0.29, 0.717) is 0 Å². The summed E-state index contributed by atoms with van der Waals surface area (Å²) in [7, 11) is 0. The highest BCUT2D eigenvalue weighted by Gasteiger charge is 2.09. The summed E-state index contributed by atoms with van der Waals surface area (Å²) >= 11 is 0. The molecule has 0 spiro atoms. The third kappa shape index (κ3) is 1.64. The standard InChI is InChI=1S/C14H10N2O2/c17-14(18)11-4-3-10-8-12-2-1-5-15-6-7-16(12)13(10)9-11/h1-9H,(H,17,18). The highest BCUT2D eigenvalue weighted by molar-refractivity contribution is 5.95. The van der Waals surface area contributed by atoms with Gasteiger partial charge in [0.2, 0.25) is 0 Å². The number of aliphatic imine (C=N–C) groups is 1. The first-order valence-electron chi connectivity index (χ1n) is 5.50. The molecule has 0 amide bonds. The lowest BCUT2D eigenvalue weighted by atomic mass is 10.1. The van der Waals surface area contributed by atoms with Crippen LogP contribution in [0.2, 0.25) is 0 Å². The molecule has 1 aliphatic rings. The van der Waals surface area contributed by atoms with Gasteiger partial charge in [0.25, 0.3) is 0 Å². The molecule has 18 heavy (non-hydrogen) atoms. The molecule has 0 atom stereocenters. The molecule has 0 bridgehead atoms. The van der Waals surface area contributed by atoms with Gasteiger partial charge in [0.1, 0.15) is 0 Å². The van der Waals surface area contributed by atoms with E-state index < -0.39 is 5.97 Å². The second-order valence-electron chi connectivity index (χ2n) is 3.97. The average molecular weight is 238 g/mol. The molecule has 4 nitrogen and oxygen atoms in total. The van der Waals surface area contributed by atoms with Gasteiger partial charge in [-0.3, -0.25) is 4.99 Å². The second-order valence-corrected chi connectivity index (χ2v) is 3.97. The number of hydrogen-bond acceptors (Lipinski definition) is 2. The topological polar surface area (TPSA) is 54.6 Å². The fraction of sp³-hybridized carbons (Fsp3) is 0. The maximum Gasteiger partial charge on any atom is 0.335 e. The quantitative estimate of drug-likeness (QED) is 0.830. The van der Waals surface area contributed by atoms with Crippen molar-refractivity contribution >= 4 is 35.4 Å². The normalized spacial score (nSPS) is 13.3. The van der Waals surface area contributed by atoms with Gasteiger partial charge in [-0.15, -0.1) is 0 Å². The van der Waals surface area contributed by atoms with Crippen LogP contribution in [0.3, 0.4) is 0 Å². The summed E-state index contributed by atoms with van der Waals surface area (Å²) in [6.45, 7) is 0. The van der Waals surface area contributed by atoms with Crippen LogP contribution in [0, 0.1) is 0 Å². The number of aromatic carboxylic acids is 1. The van der Waals surface area contributed by atoms with E-state index in [9.17, 15) is 4.79 Å². The number of fused-ring (bicyclic) bond motifs is 3. The van der Waals surface area contributed by atoms with Crippen LogP contribution in [-0.4, -0.2) is 21.9 Å². The van der Waals surface area contributed by atoms with Crippen LogP contribution in [0.1, 0.15) is 16.1 Å². The molecule has 0 unspecified atom stereocenters. The molecule has 1 N–H and O–H groups in total. The number of carboxylic acid groups (broad SMARTS) is 1.